The van der Waals surface area contributed by atoms with Gasteiger partial charge in [0.05, 0.1) is 4.08 Å². The molecule has 0 nitrogen and oxygen atoms in total. The third-order valence-electron chi connectivity index (χ3n) is 3.67. The Kier molecular flexibility index (Phi) is 4.55. The minimum atomic E-state index is -1.58. The third kappa shape index (κ3) is 3.27. The molecular weight excluding hydrogens is 306 g/mol. The van der Waals surface area contributed by atoms with Gasteiger partial charge in [0.2, 0.25) is 0 Å². The highest BCUT2D eigenvalue weighted by Gasteiger charge is 2.35. The number of thioether (sulfide) groups is 2. The fourth-order valence-corrected chi connectivity index (χ4v) is 5.86. The maximum Gasteiger partial charge on any atom is 0.266 e. The minimum absolute atomic E-state index is 0.272. The maximum absolute atomic E-state index is 12.6. The molecule has 1 fully saturated rings. The van der Waals surface area contributed by atoms with Crippen LogP contribution < -0.4 is 0 Å². The molecule has 0 aromatic heterocycles. The Morgan fingerprint density at radius 1 is 1.05 bits per heavy atom. The van der Waals surface area contributed by atoms with Crippen LogP contribution in [-0.2, 0) is 4.08 Å². The molecule has 2 aromatic carbocycles. The first-order valence-corrected chi connectivity index (χ1v) is 8.95. The highest BCUT2D eigenvalue weighted by molar-refractivity contribution is 8.18. The van der Waals surface area contributed by atoms with Crippen molar-refractivity contribution in [1.29, 1.82) is 0 Å². The van der Waals surface area contributed by atoms with Crippen molar-refractivity contribution in [2.24, 2.45) is 0 Å². The van der Waals surface area contributed by atoms with E-state index < -0.39 is 6.08 Å². The average Bonchev–Trinajstić information content (AvgIpc) is 2.53. The van der Waals surface area contributed by atoms with Crippen molar-refractivity contribution < 1.29 is 8.78 Å². The normalized spacial score (nSPS) is 17.6. The van der Waals surface area contributed by atoms with E-state index in [9.17, 15) is 8.78 Å². The van der Waals surface area contributed by atoms with Crippen LogP contribution in [0.3, 0.4) is 0 Å². The topological polar surface area (TPSA) is 0 Å². The fraction of sp³-hybridized carbons (Fsp3) is 0.294. The molecule has 1 aliphatic heterocycles. The van der Waals surface area contributed by atoms with Gasteiger partial charge in [0.25, 0.3) is 6.08 Å². The summed E-state index contributed by atoms with van der Waals surface area (Å²) in [4.78, 5) is 0. The van der Waals surface area contributed by atoms with Crippen molar-refractivity contribution in [2.75, 3.05) is 11.5 Å². The molecule has 3 rings (SSSR count). The van der Waals surface area contributed by atoms with Crippen molar-refractivity contribution in [3.05, 3.63) is 60.2 Å². The first-order chi connectivity index (χ1) is 10.2. The molecule has 1 saturated heterocycles. The van der Waals surface area contributed by atoms with Crippen LogP contribution in [-0.4, -0.2) is 11.5 Å². The van der Waals surface area contributed by atoms with Gasteiger partial charge < -0.3 is 0 Å². The molecule has 0 bridgehead atoms. The van der Waals surface area contributed by atoms with Gasteiger partial charge in [-0.2, -0.15) is 8.78 Å². The summed E-state index contributed by atoms with van der Waals surface area (Å²) in [5, 5.41) is 2.36. The van der Waals surface area contributed by atoms with E-state index in [2.05, 4.69) is 30.3 Å². The quantitative estimate of drug-likeness (QED) is 0.676. The van der Waals surface area contributed by atoms with Crippen molar-refractivity contribution >= 4 is 34.3 Å². The summed E-state index contributed by atoms with van der Waals surface area (Å²) in [7, 11) is 0. The molecule has 110 valence electrons. The molecule has 0 spiro atoms. The van der Waals surface area contributed by atoms with Crippen molar-refractivity contribution in [3.63, 3.8) is 0 Å². The van der Waals surface area contributed by atoms with E-state index in [-0.39, 0.29) is 4.08 Å². The molecule has 2 aromatic rings. The van der Waals surface area contributed by atoms with Crippen molar-refractivity contribution in [3.8, 4) is 0 Å². The molecule has 0 unspecified atom stereocenters. The second-order valence-electron chi connectivity index (χ2n) is 5.06. The molecule has 21 heavy (non-hydrogen) atoms. The zero-order chi connectivity index (χ0) is 14.7. The van der Waals surface area contributed by atoms with Crippen LogP contribution in [0.15, 0.2) is 54.6 Å². The number of hydrogen-bond donors (Lipinski definition) is 0. The molecule has 0 radical (unpaired) electrons. The van der Waals surface area contributed by atoms with Crippen molar-refractivity contribution in [1.82, 2.24) is 0 Å². The van der Waals surface area contributed by atoms with Gasteiger partial charge in [-0.3, -0.25) is 0 Å². The van der Waals surface area contributed by atoms with E-state index >= 15 is 0 Å². The molecule has 0 amide bonds. The number of allylic oxidation sites excluding steroid dienone is 1. The number of hydrogen-bond acceptors (Lipinski definition) is 2. The standard InChI is InChI=1S/C17H16F2S2/c18-16(19)8-9-17(20-10-3-11-21-17)15-7-6-13-4-1-2-5-14(13)12-15/h1-2,4-8,12H,3,9-11H2. The summed E-state index contributed by atoms with van der Waals surface area (Å²) >= 11 is 3.60. The predicted octanol–water partition coefficient (Wildman–Crippen LogP) is 6.03. The van der Waals surface area contributed by atoms with Crippen LogP contribution in [0.2, 0.25) is 0 Å². The van der Waals surface area contributed by atoms with Gasteiger partial charge in [-0.05, 0) is 52.8 Å². The highest BCUT2D eigenvalue weighted by Crippen LogP contribution is 2.53. The first kappa shape index (κ1) is 14.9. The summed E-state index contributed by atoms with van der Waals surface area (Å²) in [5.74, 6) is 2.06. The largest absolute Gasteiger partial charge is 0.266 e. The van der Waals surface area contributed by atoms with Crippen LogP contribution in [0.25, 0.3) is 10.8 Å². The van der Waals surface area contributed by atoms with Crippen LogP contribution in [0, 0.1) is 0 Å². The summed E-state index contributed by atoms with van der Waals surface area (Å²) in [6.07, 6.45) is 1.01. The molecule has 0 saturated carbocycles. The predicted molar refractivity (Wildman–Crippen MR) is 90.1 cm³/mol. The Hall–Kier alpha value is -1.000. The van der Waals surface area contributed by atoms with Crippen LogP contribution in [0.4, 0.5) is 8.78 Å². The Morgan fingerprint density at radius 2 is 1.76 bits per heavy atom. The lowest BCUT2D eigenvalue weighted by Crippen LogP contribution is -2.22. The monoisotopic (exact) mass is 322 g/mol. The summed E-state index contributed by atoms with van der Waals surface area (Å²) in [6, 6.07) is 14.5. The summed E-state index contributed by atoms with van der Waals surface area (Å²) < 4.78 is 24.9. The average molecular weight is 322 g/mol. The fourth-order valence-electron chi connectivity index (χ4n) is 2.61. The Morgan fingerprint density at radius 3 is 2.48 bits per heavy atom. The molecular formula is C17H16F2S2. The SMILES string of the molecule is FC(F)=CCC1(c2ccc3ccccc3c2)SCCCS1. The Bertz CT molecular complexity index is 657. The number of fused-ring (bicyclic) bond motifs is 1. The first-order valence-electron chi connectivity index (χ1n) is 6.98. The lowest BCUT2D eigenvalue weighted by Gasteiger charge is -2.36. The van der Waals surface area contributed by atoms with Crippen LogP contribution in [0.1, 0.15) is 18.4 Å². The molecule has 1 aliphatic rings. The zero-order valence-corrected chi connectivity index (χ0v) is 13.2. The number of rotatable bonds is 3. The molecule has 0 N–H and O–H groups in total. The van der Waals surface area contributed by atoms with E-state index in [0.29, 0.717) is 6.42 Å². The van der Waals surface area contributed by atoms with Crippen LogP contribution >= 0.6 is 23.5 Å². The van der Waals surface area contributed by atoms with Crippen LogP contribution in [0.5, 0.6) is 0 Å². The van der Waals surface area contributed by atoms with Gasteiger partial charge in [-0.15, -0.1) is 23.5 Å². The maximum atomic E-state index is 12.6. The van der Waals surface area contributed by atoms with Gasteiger partial charge in [0.15, 0.2) is 0 Å². The molecule has 4 heteroatoms. The second kappa shape index (κ2) is 6.41. The summed E-state index contributed by atoms with van der Waals surface area (Å²) in [5.41, 5.74) is 1.15. The molecule has 0 atom stereocenters. The van der Waals surface area contributed by atoms with Gasteiger partial charge in [0, 0.05) is 0 Å². The van der Waals surface area contributed by atoms with E-state index in [1.807, 2.05) is 12.1 Å². The number of benzene rings is 2. The lowest BCUT2D eigenvalue weighted by molar-refractivity contribution is 0.417. The van der Waals surface area contributed by atoms with Gasteiger partial charge in [-0.25, -0.2) is 0 Å². The van der Waals surface area contributed by atoms with E-state index in [0.717, 1.165) is 29.6 Å². The second-order valence-corrected chi connectivity index (χ2v) is 8.11. The molecule has 1 heterocycles. The van der Waals surface area contributed by atoms with E-state index in [4.69, 9.17) is 0 Å². The van der Waals surface area contributed by atoms with Gasteiger partial charge >= 0.3 is 0 Å². The van der Waals surface area contributed by atoms with E-state index in [1.54, 1.807) is 23.5 Å². The minimum Gasteiger partial charge on any atom is -0.174 e. The molecule has 0 aliphatic carbocycles. The van der Waals surface area contributed by atoms with Crippen molar-refractivity contribution in [2.45, 2.75) is 16.9 Å². The Labute approximate surface area is 132 Å². The van der Waals surface area contributed by atoms with Gasteiger partial charge in [0.1, 0.15) is 0 Å². The number of halogens is 2. The van der Waals surface area contributed by atoms with E-state index in [1.165, 1.54) is 10.8 Å². The lowest BCUT2D eigenvalue weighted by atomic mass is 10.0. The summed E-state index contributed by atoms with van der Waals surface area (Å²) in [6.45, 7) is 0. The third-order valence-corrected chi connectivity index (χ3v) is 7.10. The smallest absolute Gasteiger partial charge is 0.174 e. The highest BCUT2D eigenvalue weighted by atomic mass is 32.2. The zero-order valence-electron chi connectivity index (χ0n) is 11.5. The Balaban J connectivity index is 2.02. The van der Waals surface area contributed by atoms with Gasteiger partial charge in [-0.1, -0.05) is 36.4 Å².